The van der Waals surface area contributed by atoms with E-state index < -0.39 is 23.7 Å². The molecule has 2 amide bonds. The van der Waals surface area contributed by atoms with Crippen LogP contribution in [0.5, 0.6) is 5.75 Å². The molecule has 6 aromatic rings. The maximum Gasteiger partial charge on any atom is 0.249 e. The van der Waals surface area contributed by atoms with Gasteiger partial charge in [-0.3, -0.25) is 9.59 Å². The van der Waals surface area contributed by atoms with Crippen LogP contribution in [-0.2, 0) is 26.2 Å². The summed E-state index contributed by atoms with van der Waals surface area (Å²) >= 11 is 0. The summed E-state index contributed by atoms with van der Waals surface area (Å²) in [7, 11) is 0. The number of ether oxygens (including phenoxy) is 2. The summed E-state index contributed by atoms with van der Waals surface area (Å²) in [6.07, 6.45) is 3.95. The number of fused-ring (bicyclic) bond motifs is 7. The number of amides is 2. The van der Waals surface area contributed by atoms with Crippen molar-refractivity contribution in [2.45, 2.75) is 50.4 Å². The van der Waals surface area contributed by atoms with Crippen molar-refractivity contribution < 1.29 is 27.9 Å². The molecular formula is C40H34N6O6. The Balaban J connectivity index is 1.20. The lowest BCUT2D eigenvalue weighted by Gasteiger charge is -2.29. The molecule has 1 saturated heterocycles. The van der Waals surface area contributed by atoms with Gasteiger partial charge in [0.15, 0.2) is 23.4 Å². The summed E-state index contributed by atoms with van der Waals surface area (Å²) in [5.41, 5.74) is 6.91. The molecule has 1 spiro atoms. The van der Waals surface area contributed by atoms with Crippen LogP contribution in [0.3, 0.4) is 0 Å². The molecule has 5 aliphatic heterocycles. The average Bonchev–Trinajstić information content (AvgIpc) is 3.99. The van der Waals surface area contributed by atoms with E-state index in [0.29, 0.717) is 54.4 Å². The normalized spacial score (nSPS) is 24.8. The zero-order valence-electron chi connectivity index (χ0n) is 28.4. The van der Waals surface area contributed by atoms with Gasteiger partial charge in [-0.1, -0.05) is 56.3 Å². The molecule has 8 heterocycles. The minimum absolute atomic E-state index is 0.127. The lowest BCUT2D eigenvalue weighted by atomic mass is 9.72. The van der Waals surface area contributed by atoms with Crippen LogP contribution in [0.2, 0.25) is 0 Å². The van der Waals surface area contributed by atoms with Crippen LogP contribution in [0, 0.1) is 11.8 Å². The van der Waals surface area contributed by atoms with Crippen LogP contribution in [0.4, 0.5) is 5.69 Å². The number of hydrogen-bond donors (Lipinski definition) is 4. The summed E-state index contributed by atoms with van der Waals surface area (Å²) in [6.45, 7) is 4.87. The van der Waals surface area contributed by atoms with E-state index in [1.54, 1.807) is 6.20 Å². The van der Waals surface area contributed by atoms with Crippen molar-refractivity contribution >= 4 is 28.4 Å². The number of hydrogen-bond acceptors (Lipinski definition) is 9. The van der Waals surface area contributed by atoms with Crippen LogP contribution in [0.15, 0.2) is 75.8 Å². The molecule has 0 radical (unpaired) electrons. The van der Waals surface area contributed by atoms with Gasteiger partial charge in [-0.25, -0.2) is 9.97 Å². The smallest absolute Gasteiger partial charge is 0.249 e. The van der Waals surface area contributed by atoms with E-state index >= 15 is 0 Å². The number of para-hydroxylation sites is 1. The first kappa shape index (κ1) is 29.8. The summed E-state index contributed by atoms with van der Waals surface area (Å²) in [6, 6.07) is 17.0. The van der Waals surface area contributed by atoms with Gasteiger partial charge >= 0.3 is 0 Å². The highest BCUT2D eigenvalue weighted by atomic mass is 16.5. The molecule has 12 heteroatoms. The zero-order chi connectivity index (χ0) is 34.9. The standard InChI is InChI=1S/C40H34N6O6/c1-18(2)31-38-45-33-34(52-38)40-24-7-3-6-22(21-5-4-8-26-30(21)23(15-41-26)29-16-42-37(33)50-29)32(24)46-39(40)51-28-10-9-19(13-25(28)40)14-27(36(48)44-31)43-35(47)20-11-12-49-17-20/h3-10,13,15-16,18,20,27,31,39,41,46H,11-12,14,17H2,1-2H3,(H,43,47)(H,44,48)/t20-,27-,31-,39?,40?/m0/s1. The minimum Gasteiger partial charge on any atom is -0.469 e. The fourth-order valence-electron chi connectivity index (χ4n) is 8.89. The van der Waals surface area contributed by atoms with Crippen molar-refractivity contribution in [2.24, 2.45) is 11.8 Å². The molecule has 0 saturated carbocycles. The number of carbonyl (C=O) groups excluding carboxylic acids is 2. The second kappa shape index (κ2) is 10.6. The second-order valence-corrected chi connectivity index (χ2v) is 14.8. The summed E-state index contributed by atoms with van der Waals surface area (Å²) in [5, 5.41) is 11.1. The molecular weight excluding hydrogens is 660 g/mol. The van der Waals surface area contributed by atoms with Crippen molar-refractivity contribution in [3.63, 3.8) is 0 Å². The van der Waals surface area contributed by atoms with Gasteiger partial charge in [-0.05, 0) is 35.6 Å². The van der Waals surface area contributed by atoms with E-state index in [1.807, 2.05) is 38.2 Å². The molecule has 2 unspecified atom stereocenters. The molecule has 0 aliphatic carbocycles. The van der Waals surface area contributed by atoms with Crippen molar-refractivity contribution in [1.29, 1.82) is 0 Å². The summed E-state index contributed by atoms with van der Waals surface area (Å²) < 4.78 is 26.0. The fraction of sp³-hybridized carbons (Fsp3) is 0.300. The number of nitrogens with zero attached hydrogens (tertiary/aromatic N) is 2. The van der Waals surface area contributed by atoms with E-state index in [0.717, 1.165) is 50.0 Å². The molecule has 52 heavy (non-hydrogen) atoms. The average molecular weight is 695 g/mol. The Labute approximate surface area is 297 Å². The van der Waals surface area contributed by atoms with Gasteiger partial charge in [0.05, 0.1) is 18.7 Å². The molecule has 260 valence electrons. The quantitative estimate of drug-likeness (QED) is 0.179. The number of anilines is 1. The third-order valence-corrected chi connectivity index (χ3v) is 11.4. The highest BCUT2D eigenvalue weighted by molar-refractivity contribution is 6.07. The Hall–Kier alpha value is -5.88. The summed E-state index contributed by atoms with van der Waals surface area (Å²) in [4.78, 5) is 41.0. The van der Waals surface area contributed by atoms with Gasteiger partial charge in [-0.2, -0.15) is 0 Å². The molecule has 3 aromatic heterocycles. The van der Waals surface area contributed by atoms with Gasteiger partial charge in [0.2, 0.25) is 23.6 Å². The number of rotatable bonds is 3. The Kier molecular flexibility index (Phi) is 6.06. The third kappa shape index (κ3) is 3.95. The fourth-order valence-corrected chi connectivity index (χ4v) is 8.89. The highest BCUT2D eigenvalue weighted by Crippen LogP contribution is 2.61. The maximum atomic E-state index is 14.2. The van der Waals surface area contributed by atoms with Gasteiger partial charge in [-0.15, -0.1) is 0 Å². The van der Waals surface area contributed by atoms with Gasteiger partial charge in [0, 0.05) is 58.1 Å². The van der Waals surface area contributed by atoms with Crippen molar-refractivity contribution in [1.82, 2.24) is 25.6 Å². The molecule has 3 aromatic carbocycles. The van der Waals surface area contributed by atoms with Crippen LogP contribution in [-0.4, -0.2) is 52.2 Å². The predicted octanol–water partition coefficient (Wildman–Crippen LogP) is 5.83. The number of oxazole rings is 2. The number of aromatic nitrogens is 3. The maximum absolute atomic E-state index is 14.2. The number of nitrogens with one attached hydrogen (secondary N) is 4. The van der Waals surface area contributed by atoms with E-state index in [1.165, 1.54) is 0 Å². The van der Waals surface area contributed by atoms with E-state index in [-0.39, 0.29) is 30.1 Å². The first-order valence-electron chi connectivity index (χ1n) is 17.9. The molecule has 11 rings (SSSR count). The van der Waals surface area contributed by atoms with E-state index in [9.17, 15) is 9.59 Å². The topological polar surface area (TPSA) is 157 Å². The lowest BCUT2D eigenvalue weighted by molar-refractivity contribution is -0.131. The zero-order valence-corrected chi connectivity index (χ0v) is 28.4. The third-order valence-electron chi connectivity index (χ3n) is 11.4. The number of carbonyl (C=O) groups is 2. The Morgan fingerprint density at radius 2 is 1.90 bits per heavy atom. The van der Waals surface area contributed by atoms with Crippen LogP contribution in [0.25, 0.3) is 44.9 Å². The number of H-pyrrole nitrogens is 1. The van der Waals surface area contributed by atoms with Gasteiger partial charge < -0.3 is 39.2 Å². The van der Waals surface area contributed by atoms with E-state index in [4.69, 9.17) is 28.3 Å². The van der Waals surface area contributed by atoms with Crippen molar-refractivity contribution in [3.05, 3.63) is 95.3 Å². The number of aromatic amines is 1. The van der Waals surface area contributed by atoms with Crippen molar-refractivity contribution in [3.8, 4) is 39.8 Å². The Morgan fingerprint density at radius 1 is 1.02 bits per heavy atom. The SMILES string of the molecule is CC(C)[C@@H]1NC(=O)[C@@H](NC(=O)[C@H]2CCOC2)Cc2ccc3c(c2)C24c5cccc(c5NC2O3)-c2cccc3[nH]cc(c23)-c2cnc(o2)-c2nc1oc24. The first-order chi connectivity index (χ1) is 25.4. The molecule has 4 N–H and O–H groups in total. The molecule has 1 fully saturated rings. The largest absolute Gasteiger partial charge is 0.469 e. The molecule has 5 aliphatic rings. The molecule has 10 bridgehead atoms. The Bertz CT molecular complexity index is 2490. The predicted molar refractivity (Wildman–Crippen MR) is 189 cm³/mol. The van der Waals surface area contributed by atoms with Crippen LogP contribution >= 0.6 is 0 Å². The van der Waals surface area contributed by atoms with Crippen LogP contribution < -0.4 is 20.7 Å². The summed E-state index contributed by atoms with van der Waals surface area (Å²) in [5.74, 6) is 1.44. The minimum atomic E-state index is -1.02. The monoisotopic (exact) mass is 694 g/mol. The number of benzene rings is 3. The van der Waals surface area contributed by atoms with E-state index in [2.05, 4.69) is 57.3 Å². The second-order valence-electron chi connectivity index (χ2n) is 14.8. The van der Waals surface area contributed by atoms with Crippen LogP contribution in [0.1, 0.15) is 54.7 Å². The molecule has 12 nitrogen and oxygen atoms in total. The molecule has 5 atom stereocenters. The highest BCUT2D eigenvalue weighted by Gasteiger charge is 2.61. The van der Waals surface area contributed by atoms with Gasteiger partial charge in [0.1, 0.15) is 23.2 Å². The lowest BCUT2D eigenvalue weighted by Crippen LogP contribution is -2.51. The first-order valence-corrected chi connectivity index (χ1v) is 17.9. The Morgan fingerprint density at radius 3 is 2.77 bits per heavy atom. The van der Waals surface area contributed by atoms with Crippen molar-refractivity contribution in [2.75, 3.05) is 18.5 Å². The van der Waals surface area contributed by atoms with Gasteiger partial charge in [0.25, 0.3) is 0 Å².